The molecule has 0 fully saturated rings. The van der Waals surface area contributed by atoms with Crippen LogP contribution in [0.15, 0.2) is 30.6 Å². The maximum atomic E-state index is 13.2. The molecule has 0 aliphatic carbocycles. The molecule has 90 valence electrons. The molecule has 0 radical (unpaired) electrons. The first-order valence-electron chi connectivity index (χ1n) is 4.97. The second-order valence-electron chi connectivity index (χ2n) is 3.58. The Morgan fingerprint density at radius 1 is 1.06 bits per heavy atom. The molecule has 0 saturated heterocycles. The van der Waals surface area contributed by atoms with Gasteiger partial charge in [-0.2, -0.15) is 0 Å². The fourth-order valence-electron chi connectivity index (χ4n) is 1.64. The van der Waals surface area contributed by atoms with Gasteiger partial charge in [-0.3, -0.25) is 9.38 Å². The molecule has 0 unspecified atom stereocenters. The van der Waals surface area contributed by atoms with Gasteiger partial charge in [-0.25, -0.2) is 8.78 Å². The first-order valence-corrected chi connectivity index (χ1v) is 5.34. The smallest absolute Gasteiger partial charge is 0.180 e. The Bertz CT molecular complexity index is 741. The number of nitrogens with zero attached hydrogens (tertiary/aromatic N) is 4. The van der Waals surface area contributed by atoms with Crippen LogP contribution in [0.2, 0.25) is 5.15 Å². The van der Waals surface area contributed by atoms with Gasteiger partial charge in [0.25, 0.3) is 0 Å². The molecule has 18 heavy (non-hydrogen) atoms. The van der Waals surface area contributed by atoms with Crippen molar-refractivity contribution in [3.63, 3.8) is 0 Å². The highest BCUT2D eigenvalue weighted by atomic mass is 35.5. The van der Waals surface area contributed by atoms with Gasteiger partial charge in [-0.1, -0.05) is 11.6 Å². The van der Waals surface area contributed by atoms with E-state index in [0.29, 0.717) is 17.0 Å². The predicted molar refractivity (Wildman–Crippen MR) is 61.1 cm³/mol. The van der Waals surface area contributed by atoms with E-state index in [2.05, 4.69) is 15.2 Å². The number of hydrogen-bond donors (Lipinski definition) is 0. The normalized spacial score (nSPS) is 11.1. The summed E-state index contributed by atoms with van der Waals surface area (Å²) in [6, 6.07) is 3.48. The van der Waals surface area contributed by atoms with Crippen LogP contribution in [0.1, 0.15) is 0 Å². The summed E-state index contributed by atoms with van der Waals surface area (Å²) in [6.45, 7) is 0. The minimum Gasteiger partial charge on any atom is -0.262 e. The summed E-state index contributed by atoms with van der Waals surface area (Å²) in [7, 11) is 0. The summed E-state index contributed by atoms with van der Waals surface area (Å²) >= 11 is 5.98. The van der Waals surface area contributed by atoms with Crippen LogP contribution < -0.4 is 0 Å². The zero-order valence-electron chi connectivity index (χ0n) is 8.81. The Morgan fingerprint density at radius 2 is 1.89 bits per heavy atom. The summed E-state index contributed by atoms with van der Waals surface area (Å²) in [4.78, 5) is 3.86. The van der Waals surface area contributed by atoms with Crippen molar-refractivity contribution in [2.24, 2.45) is 0 Å². The number of benzene rings is 1. The van der Waals surface area contributed by atoms with Crippen molar-refractivity contribution in [2.75, 3.05) is 0 Å². The molecule has 7 heteroatoms. The van der Waals surface area contributed by atoms with Crippen LogP contribution in [-0.4, -0.2) is 19.6 Å². The summed E-state index contributed by atoms with van der Waals surface area (Å²) in [5.74, 6) is -1.54. The van der Waals surface area contributed by atoms with Crippen molar-refractivity contribution in [1.82, 2.24) is 19.6 Å². The minimum atomic E-state index is -0.950. The number of aromatic nitrogens is 4. The van der Waals surface area contributed by atoms with Crippen LogP contribution in [0.25, 0.3) is 17.0 Å². The van der Waals surface area contributed by atoms with Gasteiger partial charge in [0.15, 0.2) is 23.1 Å². The maximum absolute atomic E-state index is 13.2. The second kappa shape index (κ2) is 3.99. The maximum Gasteiger partial charge on any atom is 0.180 e. The lowest BCUT2D eigenvalue weighted by Gasteiger charge is -2.02. The average Bonchev–Trinajstić information content (AvgIpc) is 2.78. The minimum absolute atomic E-state index is 0.289. The van der Waals surface area contributed by atoms with Gasteiger partial charge in [0.1, 0.15) is 5.15 Å². The highest BCUT2D eigenvalue weighted by Gasteiger charge is 2.12. The van der Waals surface area contributed by atoms with Crippen LogP contribution in [0.4, 0.5) is 8.78 Å². The Labute approximate surface area is 105 Å². The molecule has 2 aromatic heterocycles. The molecular weight excluding hydrogens is 262 g/mol. The number of hydrogen-bond acceptors (Lipinski definition) is 3. The monoisotopic (exact) mass is 266 g/mol. The quantitative estimate of drug-likeness (QED) is 0.680. The molecule has 3 aromatic rings. The van der Waals surface area contributed by atoms with Gasteiger partial charge >= 0.3 is 0 Å². The van der Waals surface area contributed by atoms with Crippen molar-refractivity contribution >= 4 is 17.2 Å². The largest absolute Gasteiger partial charge is 0.262 e. The Morgan fingerprint density at radius 3 is 2.67 bits per heavy atom. The van der Waals surface area contributed by atoms with Crippen molar-refractivity contribution in [1.29, 1.82) is 0 Å². The number of rotatable bonds is 1. The van der Waals surface area contributed by atoms with Gasteiger partial charge in [0.05, 0.1) is 12.4 Å². The lowest BCUT2D eigenvalue weighted by Crippen LogP contribution is -1.93. The molecule has 0 aliphatic heterocycles. The van der Waals surface area contributed by atoms with E-state index in [-0.39, 0.29) is 5.15 Å². The lowest BCUT2D eigenvalue weighted by atomic mass is 10.2. The summed E-state index contributed by atoms with van der Waals surface area (Å²) in [6.07, 6.45) is 2.89. The summed E-state index contributed by atoms with van der Waals surface area (Å²) in [5.41, 5.74) is 0.816. The van der Waals surface area contributed by atoms with Crippen LogP contribution in [-0.2, 0) is 0 Å². The number of halogens is 3. The molecule has 0 saturated carbocycles. The highest BCUT2D eigenvalue weighted by Crippen LogP contribution is 2.23. The van der Waals surface area contributed by atoms with Crippen LogP contribution in [0.3, 0.4) is 0 Å². The molecule has 0 spiro atoms. The molecule has 1 aromatic carbocycles. The van der Waals surface area contributed by atoms with E-state index < -0.39 is 11.6 Å². The molecular formula is C11H5ClF2N4. The topological polar surface area (TPSA) is 43.1 Å². The van der Waals surface area contributed by atoms with Gasteiger partial charge in [-0.05, 0) is 18.2 Å². The predicted octanol–water partition coefficient (Wildman–Crippen LogP) is 2.72. The molecule has 4 nitrogen and oxygen atoms in total. The van der Waals surface area contributed by atoms with E-state index in [1.807, 2.05) is 0 Å². The summed E-state index contributed by atoms with van der Waals surface area (Å²) in [5, 5.41) is 8.04. The van der Waals surface area contributed by atoms with E-state index in [9.17, 15) is 8.78 Å². The Kier molecular flexibility index (Phi) is 2.45. The lowest BCUT2D eigenvalue weighted by molar-refractivity contribution is 0.509. The van der Waals surface area contributed by atoms with Crippen LogP contribution in [0, 0.1) is 11.6 Å². The molecule has 0 N–H and O–H groups in total. The van der Waals surface area contributed by atoms with Crippen LogP contribution in [0.5, 0.6) is 0 Å². The van der Waals surface area contributed by atoms with E-state index in [1.165, 1.54) is 22.9 Å². The van der Waals surface area contributed by atoms with Crippen molar-refractivity contribution < 1.29 is 8.78 Å². The molecule has 0 atom stereocenters. The first-order chi connectivity index (χ1) is 8.66. The standard InChI is InChI=1S/C11H5ClF2N4/c12-9-4-15-5-10-16-17-11(18(9)10)6-1-2-7(13)8(14)3-6/h1-5H. The van der Waals surface area contributed by atoms with E-state index in [4.69, 9.17) is 11.6 Å². The van der Waals surface area contributed by atoms with Crippen LogP contribution >= 0.6 is 11.6 Å². The zero-order valence-corrected chi connectivity index (χ0v) is 9.57. The third-order valence-corrected chi connectivity index (χ3v) is 2.72. The SMILES string of the molecule is Fc1ccc(-c2nnc3cncc(Cl)n23)cc1F. The van der Waals surface area contributed by atoms with Gasteiger partial charge in [-0.15, -0.1) is 10.2 Å². The first kappa shape index (κ1) is 11.0. The molecule has 0 amide bonds. The van der Waals surface area contributed by atoms with Crippen molar-refractivity contribution in [2.45, 2.75) is 0 Å². The third-order valence-electron chi connectivity index (χ3n) is 2.45. The zero-order chi connectivity index (χ0) is 12.7. The Balaban J connectivity index is 2.28. The number of fused-ring (bicyclic) bond motifs is 1. The molecule has 2 heterocycles. The summed E-state index contributed by atoms with van der Waals surface area (Å²) < 4.78 is 27.6. The molecule has 3 rings (SSSR count). The second-order valence-corrected chi connectivity index (χ2v) is 3.96. The van der Waals surface area contributed by atoms with Crippen molar-refractivity contribution in [3.8, 4) is 11.4 Å². The van der Waals surface area contributed by atoms with E-state index >= 15 is 0 Å². The van der Waals surface area contributed by atoms with Gasteiger partial charge < -0.3 is 0 Å². The van der Waals surface area contributed by atoms with Gasteiger partial charge in [0.2, 0.25) is 0 Å². The van der Waals surface area contributed by atoms with E-state index in [0.717, 1.165) is 12.1 Å². The third kappa shape index (κ3) is 1.62. The fraction of sp³-hybridized carbons (Fsp3) is 0. The van der Waals surface area contributed by atoms with Gasteiger partial charge in [0, 0.05) is 5.56 Å². The molecule has 0 bridgehead atoms. The van der Waals surface area contributed by atoms with E-state index in [1.54, 1.807) is 0 Å². The van der Waals surface area contributed by atoms with Crippen molar-refractivity contribution in [3.05, 3.63) is 47.4 Å². The Hall–Kier alpha value is -2.08. The highest BCUT2D eigenvalue weighted by molar-refractivity contribution is 6.29. The fourth-order valence-corrected chi connectivity index (χ4v) is 1.86. The molecule has 0 aliphatic rings. The average molecular weight is 267 g/mol.